The van der Waals surface area contributed by atoms with Crippen LogP contribution in [0, 0.1) is 37.6 Å². The zero-order valence-electron chi connectivity index (χ0n) is 13.6. The van der Waals surface area contributed by atoms with Gasteiger partial charge in [-0.25, -0.2) is 0 Å². The van der Waals surface area contributed by atoms with Crippen molar-refractivity contribution in [1.82, 2.24) is 4.98 Å². The number of hydrogen-bond donors (Lipinski definition) is 2. The van der Waals surface area contributed by atoms with Crippen LogP contribution in [-0.2, 0) is 0 Å². The Hall–Kier alpha value is -3.23. The van der Waals surface area contributed by atoms with E-state index in [1.807, 2.05) is 40.8 Å². The van der Waals surface area contributed by atoms with Gasteiger partial charge in [0.05, 0.1) is 10.2 Å². The molecule has 0 radical (unpaired) electrons. The SMILES string of the molecule is CCOc1cc(-c2c(C#N)c(N)[nH]c(=O)c2C#N)cc(I)c1OCC#N. The maximum absolute atomic E-state index is 12.1. The van der Waals surface area contributed by atoms with Crippen molar-refractivity contribution in [2.24, 2.45) is 0 Å². The molecule has 1 aromatic carbocycles. The highest BCUT2D eigenvalue weighted by molar-refractivity contribution is 14.1. The Kier molecular flexibility index (Phi) is 6.05. The standard InChI is InChI=1S/C17H12IN5O3/c1-2-25-13-6-9(5-12(18)15(13)26-4-3-19)14-10(7-20)16(22)23-17(24)11(14)8-21/h5-6H,2,4H2,1H3,(H3,22,23,24). The molecule has 2 aromatic rings. The fourth-order valence-corrected chi connectivity index (χ4v) is 3.11. The first kappa shape index (κ1) is 19.1. The second kappa shape index (κ2) is 8.24. The van der Waals surface area contributed by atoms with Crippen LogP contribution in [0.25, 0.3) is 11.1 Å². The molecule has 0 atom stereocenters. The lowest BCUT2D eigenvalue weighted by atomic mass is 9.96. The number of aromatic nitrogens is 1. The molecule has 0 unspecified atom stereocenters. The van der Waals surface area contributed by atoms with Crippen molar-refractivity contribution in [3.05, 3.63) is 37.2 Å². The number of nitrogens with one attached hydrogen (secondary N) is 1. The summed E-state index contributed by atoms with van der Waals surface area (Å²) in [5, 5.41) is 27.5. The van der Waals surface area contributed by atoms with E-state index in [9.17, 15) is 15.3 Å². The molecule has 1 aromatic heterocycles. The van der Waals surface area contributed by atoms with Gasteiger partial charge in [-0.15, -0.1) is 0 Å². The number of aromatic amines is 1. The van der Waals surface area contributed by atoms with Crippen LogP contribution < -0.4 is 20.8 Å². The minimum absolute atomic E-state index is 0.00917. The van der Waals surface area contributed by atoms with Crippen LogP contribution in [0.2, 0.25) is 0 Å². The highest BCUT2D eigenvalue weighted by Gasteiger charge is 2.21. The smallest absolute Gasteiger partial charge is 0.268 e. The van der Waals surface area contributed by atoms with Gasteiger partial charge in [-0.05, 0) is 47.2 Å². The Labute approximate surface area is 162 Å². The number of nitriles is 3. The summed E-state index contributed by atoms with van der Waals surface area (Å²) in [4.78, 5) is 14.4. The quantitative estimate of drug-likeness (QED) is 0.649. The molecule has 1 heterocycles. The number of H-pyrrole nitrogens is 1. The van der Waals surface area contributed by atoms with Gasteiger partial charge >= 0.3 is 0 Å². The van der Waals surface area contributed by atoms with Gasteiger partial charge in [-0.2, -0.15) is 15.8 Å². The van der Waals surface area contributed by atoms with Crippen molar-refractivity contribution in [3.63, 3.8) is 0 Å². The molecule has 26 heavy (non-hydrogen) atoms. The molecular formula is C17H12IN5O3. The Balaban J connectivity index is 2.83. The third-order valence-corrected chi connectivity index (χ3v) is 4.15. The minimum atomic E-state index is -0.684. The second-order valence-corrected chi connectivity index (χ2v) is 6.04. The zero-order valence-corrected chi connectivity index (χ0v) is 15.7. The number of hydrogen-bond acceptors (Lipinski definition) is 7. The van der Waals surface area contributed by atoms with Gasteiger partial charge in [0, 0.05) is 5.56 Å². The molecular weight excluding hydrogens is 449 g/mol. The molecule has 3 N–H and O–H groups in total. The predicted molar refractivity (Wildman–Crippen MR) is 101 cm³/mol. The highest BCUT2D eigenvalue weighted by Crippen LogP contribution is 2.39. The van der Waals surface area contributed by atoms with E-state index in [0.717, 1.165) is 0 Å². The van der Waals surface area contributed by atoms with Crippen LogP contribution in [-0.4, -0.2) is 18.2 Å². The number of anilines is 1. The maximum atomic E-state index is 12.1. The van der Waals surface area contributed by atoms with Gasteiger partial charge in [0.25, 0.3) is 5.56 Å². The number of nitrogen functional groups attached to an aromatic ring is 1. The average molecular weight is 461 g/mol. The molecule has 0 fully saturated rings. The summed E-state index contributed by atoms with van der Waals surface area (Å²) in [5.74, 6) is 0.577. The van der Waals surface area contributed by atoms with Crippen molar-refractivity contribution in [2.75, 3.05) is 18.9 Å². The Morgan fingerprint density at radius 1 is 1.19 bits per heavy atom. The monoisotopic (exact) mass is 461 g/mol. The fraction of sp³-hybridized carbons (Fsp3) is 0.176. The molecule has 0 aliphatic carbocycles. The van der Waals surface area contributed by atoms with E-state index in [1.165, 1.54) is 0 Å². The van der Waals surface area contributed by atoms with Gasteiger partial charge in [-0.1, -0.05) is 0 Å². The van der Waals surface area contributed by atoms with E-state index in [2.05, 4.69) is 4.98 Å². The summed E-state index contributed by atoms with van der Waals surface area (Å²) in [7, 11) is 0. The summed E-state index contributed by atoms with van der Waals surface area (Å²) >= 11 is 1.99. The second-order valence-electron chi connectivity index (χ2n) is 4.88. The van der Waals surface area contributed by atoms with Crippen LogP contribution >= 0.6 is 22.6 Å². The lowest BCUT2D eigenvalue weighted by molar-refractivity contribution is 0.297. The normalized spacial score (nSPS) is 9.65. The molecule has 9 heteroatoms. The third kappa shape index (κ3) is 3.56. The van der Waals surface area contributed by atoms with Crippen molar-refractivity contribution < 1.29 is 9.47 Å². The van der Waals surface area contributed by atoms with E-state index < -0.39 is 5.56 Å². The van der Waals surface area contributed by atoms with E-state index >= 15 is 0 Å². The van der Waals surface area contributed by atoms with Crippen molar-refractivity contribution in [2.45, 2.75) is 6.92 Å². The molecule has 130 valence electrons. The zero-order chi connectivity index (χ0) is 19.3. The molecule has 0 saturated heterocycles. The van der Waals surface area contributed by atoms with E-state index in [4.69, 9.17) is 20.5 Å². The number of ether oxygens (including phenoxy) is 2. The van der Waals surface area contributed by atoms with Crippen LogP contribution in [0.5, 0.6) is 11.5 Å². The average Bonchev–Trinajstić information content (AvgIpc) is 2.60. The topological polar surface area (TPSA) is 149 Å². The minimum Gasteiger partial charge on any atom is -0.490 e. The summed E-state index contributed by atoms with van der Waals surface area (Å²) in [6.07, 6.45) is 0. The van der Waals surface area contributed by atoms with E-state index in [-0.39, 0.29) is 29.1 Å². The largest absolute Gasteiger partial charge is 0.490 e. The first-order valence-electron chi connectivity index (χ1n) is 7.30. The number of nitrogens with zero attached hydrogens (tertiary/aromatic N) is 3. The number of pyridine rings is 1. The molecule has 8 nitrogen and oxygen atoms in total. The van der Waals surface area contributed by atoms with Gasteiger partial charge in [0.2, 0.25) is 0 Å². The number of benzene rings is 1. The van der Waals surface area contributed by atoms with Crippen molar-refractivity contribution in [3.8, 4) is 40.8 Å². The van der Waals surface area contributed by atoms with Gasteiger partial charge < -0.3 is 20.2 Å². The summed E-state index contributed by atoms with van der Waals surface area (Å²) < 4.78 is 11.6. The number of halogens is 1. The van der Waals surface area contributed by atoms with Gasteiger partial charge in [0.1, 0.15) is 35.2 Å². The van der Waals surface area contributed by atoms with Gasteiger partial charge in [0.15, 0.2) is 18.1 Å². The van der Waals surface area contributed by atoms with E-state index in [1.54, 1.807) is 19.1 Å². The molecule has 0 aliphatic heterocycles. The lowest BCUT2D eigenvalue weighted by Gasteiger charge is -2.15. The van der Waals surface area contributed by atoms with Gasteiger partial charge in [-0.3, -0.25) is 4.79 Å². The first-order valence-corrected chi connectivity index (χ1v) is 8.38. The predicted octanol–water partition coefficient (Wildman–Crippen LogP) is 2.27. The molecule has 0 spiro atoms. The van der Waals surface area contributed by atoms with E-state index in [0.29, 0.717) is 27.2 Å². The summed E-state index contributed by atoms with van der Waals surface area (Å²) in [5.41, 5.74) is 5.36. The molecule has 0 bridgehead atoms. The van der Waals surface area contributed by atoms with Crippen LogP contribution in [0.4, 0.5) is 5.82 Å². The first-order chi connectivity index (χ1) is 12.5. The maximum Gasteiger partial charge on any atom is 0.268 e. The highest BCUT2D eigenvalue weighted by atomic mass is 127. The Morgan fingerprint density at radius 2 is 1.88 bits per heavy atom. The summed E-state index contributed by atoms with van der Waals surface area (Å²) in [6.45, 7) is 1.94. The summed E-state index contributed by atoms with van der Waals surface area (Å²) in [6, 6.07) is 8.80. The number of nitrogens with two attached hydrogens (primary N) is 1. The molecule has 0 aliphatic rings. The Bertz CT molecular complexity index is 1040. The Morgan fingerprint density at radius 3 is 2.46 bits per heavy atom. The van der Waals surface area contributed by atoms with Crippen LogP contribution in [0.15, 0.2) is 16.9 Å². The molecule has 0 amide bonds. The third-order valence-electron chi connectivity index (χ3n) is 3.35. The fourth-order valence-electron chi connectivity index (χ4n) is 2.35. The lowest BCUT2D eigenvalue weighted by Crippen LogP contribution is -2.16. The van der Waals surface area contributed by atoms with Crippen molar-refractivity contribution >= 4 is 28.4 Å². The number of rotatable bonds is 5. The van der Waals surface area contributed by atoms with Crippen molar-refractivity contribution in [1.29, 1.82) is 15.8 Å². The molecule has 2 rings (SSSR count). The van der Waals surface area contributed by atoms with Crippen LogP contribution in [0.3, 0.4) is 0 Å². The molecule has 0 saturated carbocycles. The van der Waals surface area contributed by atoms with Crippen LogP contribution in [0.1, 0.15) is 18.1 Å².